The molecule has 2 aromatic carbocycles. The highest BCUT2D eigenvalue weighted by molar-refractivity contribution is 5.96. The number of amides is 1. The van der Waals surface area contributed by atoms with E-state index in [-0.39, 0.29) is 23.6 Å². The summed E-state index contributed by atoms with van der Waals surface area (Å²) in [5, 5.41) is 21.1. The highest BCUT2D eigenvalue weighted by Crippen LogP contribution is 2.21. The summed E-state index contributed by atoms with van der Waals surface area (Å²) in [5.41, 5.74) is 0.818. The monoisotopic (exact) mass is 271 g/mol. The van der Waals surface area contributed by atoms with E-state index < -0.39 is 5.97 Å². The molecule has 0 heterocycles. The standard InChI is InChI=1S/C15H13NO4/c17-13-8-4-3-7-12(13)16-14(18)9-10-5-1-2-6-11(10)15(19)20/h1-8,17H,9H2,(H,16,18)(H,19,20). The molecule has 0 aliphatic rings. The van der Waals surface area contributed by atoms with Crippen LogP contribution in [0.5, 0.6) is 5.75 Å². The molecule has 0 aliphatic carbocycles. The van der Waals surface area contributed by atoms with Gasteiger partial charge in [-0.25, -0.2) is 4.79 Å². The Kier molecular flexibility index (Phi) is 4.00. The third-order valence-corrected chi connectivity index (χ3v) is 2.78. The van der Waals surface area contributed by atoms with E-state index >= 15 is 0 Å². The molecule has 102 valence electrons. The summed E-state index contributed by atoms with van der Waals surface area (Å²) in [6.07, 6.45) is -0.0726. The maximum atomic E-state index is 11.9. The minimum atomic E-state index is -1.07. The van der Waals surface area contributed by atoms with Crippen molar-refractivity contribution in [3.63, 3.8) is 0 Å². The van der Waals surface area contributed by atoms with Crippen LogP contribution in [0.1, 0.15) is 15.9 Å². The van der Waals surface area contributed by atoms with Gasteiger partial charge in [-0.2, -0.15) is 0 Å². The second-order valence-corrected chi connectivity index (χ2v) is 4.20. The fraction of sp³-hybridized carbons (Fsp3) is 0.0667. The molecule has 3 N–H and O–H groups in total. The zero-order chi connectivity index (χ0) is 14.5. The lowest BCUT2D eigenvalue weighted by atomic mass is 10.0. The number of carbonyl (C=O) groups is 2. The van der Waals surface area contributed by atoms with Crippen molar-refractivity contribution in [1.82, 2.24) is 0 Å². The SMILES string of the molecule is O=C(Cc1ccccc1C(=O)O)Nc1ccccc1O. The molecule has 0 saturated carbocycles. The van der Waals surface area contributed by atoms with Gasteiger partial charge in [0, 0.05) is 0 Å². The van der Waals surface area contributed by atoms with Crippen LogP contribution >= 0.6 is 0 Å². The van der Waals surface area contributed by atoms with Gasteiger partial charge in [0.25, 0.3) is 0 Å². The highest BCUT2D eigenvalue weighted by atomic mass is 16.4. The third kappa shape index (κ3) is 3.14. The third-order valence-electron chi connectivity index (χ3n) is 2.78. The Labute approximate surface area is 115 Å². The number of hydrogen-bond donors (Lipinski definition) is 3. The number of carboxylic acids is 1. The predicted octanol–water partition coefficient (Wildman–Crippen LogP) is 2.27. The van der Waals surface area contributed by atoms with Gasteiger partial charge in [0.15, 0.2) is 0 Å². The first kappa shape index (κ1) is 13.6. The van der Waals surface area contributed by atoms with Crippen molar-refractivity contribution in [2.45, 2.75) is 6.42 Å². The van der Waals surface area contributed by atoms with E-state index in [9.17, 15) is 14.7 Å². The van der Waals surface area contributed by atoms with Crippen molar-refractivity contribution >= 4 is 17.6 Å². The van der Waals surface area contributed by atoms with Gasteiger partial charge in [0.05, 0.1) is 17.7 Å². The first-order chi connectivity index (χ1) is 9.58. The van der Waals surface area contributed by atoms with Crippen LogP contribution in [0.4, 0.5) is 5.69 Å². The van der Waals surface area contributed by atoms with E-state index in [1.165, 1.54) is 12.1 Å². The summed E-state index contributed by atoms with van der Waals surface area (Å²) in [7, 11) is 0. The van der Waals surface area contributed by atoms with Crippen molar-refractivity contribution in [2.75, 3.05) is 5.32 Å². The lowest BCUT2D eigenvalue weighted by Crippen LogP contribution is -2.16. The van der Waals surface area contributed by atoms with Crippen molar-refractivity contribution < 1.29 is 19.8 Å². The van der Waals surface area contributed by atoms with Crippen LogP contribution in [0, 0.1) is 0 Å². The number of phenolic OH excluding ortho intramolecular Hbond substituents is 1. The molecule has 0 radical (unpaired) electrons. The molecule has 20 heavy (non-hydrogen) atoms. The minimum Gasteiger partial charge on any atom is -0.506 e. The van der Waals surface area contributed by atoms with Crippen LogP contribution in [0.25, 0.3) is 0 Å². The number of benzene rings is 2. The van der Waals surface area contributed by atoms with Crippen LogP contribution in [-0.2, 0) is 11.2 Å². The Morgan fingerprint density at radius 1 is 1.00 bits per heavy atom. The highest BCUT2D eigenvalue weighted by Gasteiger charge is 2.13. The van der Waals surface area contributed by atoms with E-state index in [1.54, 1.807) is 36.4 Å². The molecule has 5 heteroatoms. The van der Waals surface area contributed by atoms with Crippen molar-refractivity contribution in [3.8, 4) is 5.75 Å². The second-order valence-electron chi connectivity index (χ2n) is 4.20. The maximum Gasteiger partial charge on any atom is 0.335 e. The largest absolute Gasteiger partial charge is 0.506 e. The topological polar surface area (TPSA) is 86.6 Å². The first-order valence-electron chi connectivity index (χ1n) is 5.97. The van der Waals surface area contributed by atoms with Gasteiger partial charge in [-0.05, 0) is 23.8 Å². The summed E-state index contributed by atoms with van der Waals surface area (Å²) >= 11 is 0. The van der Waals surface area contributed by atoms with Gasteiger partial charge in [-0.15, -0.1) is 0 Å². The van der Waals surface area contributed by atoms with E-state index in [0.717, 1.165) is 0 Å². The molecule has 0 spiro atoms. The average molecular weight is 271 g/mol. The molecule has 2 aromatic rings. The van der Waals surface area contributed by atoms with Crippen LogP contribution in [-0.4, -0.2) is 22.1 Å². The summed E-state index contributed by atoms with van der Waals surface area (Å²) in [6, 6.07) is 12.7. The van der Waals surface area contributed by atoms with Gasteiger partial charge >= 0.3 is 5.97 Å². The van der Waals surface area contributed by atoms with Crippen LogP contribution in [0.15, 0.2) is 48.5 Å². The Morgan fingerprint density at radius 3 is 2.35 bits per heavy atom. The molecule has 0 unspecified atom stereocenters. The van der Waals surface area contributed by atoms with E-state index in [2.05, 4.69) is 5.32 Å². The molecule has 0 atom stereocenters. The van der Waals surface area contributed by atoms with Crippen LogP contribution < -0.4 is 5.32 Å². The molecule has 0 saturated heterocycles. The number of carbonyl (C=O) groups excluding carboxylic acids is 1. The zero-order valence-electron chi connectivity index (χ0n) is 10.5. The Hall–Kier alpha value is -2.82. The fourth-order valence-corrected chi connectivity index (χ4v) is 1.83. The zero-order valence-corrected chi connectivity index (χ0v) is 10.5. The van der Waals surface area contributed by atoms with Crippen molar-refractivity contribution in [1.29, 1.82) is 0 Å². The van der Waals surface area contributed by atoms with Gasteiger partial charge in [-0.3, -0.25) is 4.79 Å². The number of aromatic carboxylic acids is 1. The van der Waals surface area contributed by atoms with E-state index in [0.29, 0.717) is 11.3 Å². The maximum absolute atomic E-state index is 11.9. The van der Waals surface area contributed by atoms with E-state index in [4.69, 9.17) is 5.11 Å². The molecule has 1 amide bonds. The quantitative estimate of drug-likeness (QED) is 0.744. The number of nitrogens with one attached hydrogen (secondary N) is 1. The summed E-state index contributed by atoms with van der Waals surface area (Å²) < 4.78 is 0. The molecule has 0 aliphatic heterocycles. The number of para-hydroxylation sites is 2. The molecule has 2 rings (SSSR count). The lowest BCUT2D eigenvalue weighted by molar-refractivity contribution is -0.115. The minimum absolute atomic E-state index is 0.0348. The van der Waals surface area contributed by atoms with E-state index in [1.807, 2.05) is 0 Å². The molecule has 0 fully saturated rings. The number of anilines is 1. The second kappa shape index (κ2) is 5.88. The van der Waals surface area contributed by atoms with Gasteiger partial charge in [0.1, 0.15) is 5.75 Å². The van der Waals surface area contributed by atoms with Crippen molar-refractivity contribution in [3.05, 3.63) is 59.7 Å². The van der Waals surface area contributed by atoms with Gasteiger partial charge in [-0.1, -0.05) is 30.3 Å². The number of aromatic hydroxyl groups is 1. The Morgan fingerprint density at radius 2 is 1.65 bits per heavy atom. The van der Waals surface area contributed by atoms with Gasteiger partial charge in [0.2, 0.25) is 5.91 Å². The molecule has 0 bridgehead atoms. The molecule has 5 nitrogen and oxygen atoms in total. The Bertz CT molecular complexity index is 652. The normalized spacial score (nSPS) is 10.0. The molecular weight excluding hydrogens is 258 g/mol. The molecular formula is C15H13NO4. The number of hydrogen-bond acceptors (Lipinski definition) is 3. The number of phenols is 1. The van der Waals surface area contributed by atoms with Crippen LogP contribution in [0.2, 0.25) is 0 Å². The Balaban J connectivity index is 2.13. The molecule has 0 aromatic heterocycles. The number of carboxylic acid groups (broad SMARTS) is 1. The predicted molar refractivity (Wildman–Crippen MR) is 73.8 cm³/mol. The van der Waals surface area contributed by atoms with Gasteiger partial charge < -0.3 is 15.5 Å². The first-order valence-corrected chi connectivity index (χ1v) is 5.97. The van der Waals surface area contributed by atoms with Crippen molar-refractivity contribution in [2.24, 2.45) is 0 Å². The lowest BCUT2D eigenvalue weighted by Gasteiger charge is -2.08. The summed E-state index contributed by atoms with van der Waals surface area (Å²) in [5.74, 6) is -1.50. The average Bonchev–Trinajstić information content (AvgIpc) is 2.41. The number of rotatable bonds is 4. The summed E-state index contributed by atoms with van der Waals surface area (Å²) in [4.78, 5) is 22.9. The van der Waals surface area contributed by atoms with Crippen LogP contribution in [0.3, 0.4) is 0 Å². The smallest absolute Gasteiger partial charge is 0.335 e. The summed E-state index contributed by atoms with van der Waals surface area (Å²) in [6.45, 7) is 0. The fourth-order valence-electron chi connectivity index (χ4n) is 1.83.